The molecule has 0 aliphatic carbocycles. The van der Waals surface area contributed by atoms with Crippen molar-refractivity contribution in [1.82, 2.24) is 4.90 Å². The molecule has 4 nitrogen and oxygen atoms in total. The third-order valence-corrected chi connectivity index (χ3v) is 3.52. The second kappa shape index (κ2) is 6.09. The van der Waals surface area contributed by atoms with Gasteiger partial charge in [-0.1, -0.05) is 18.3 Å². The Kier molecular flexibility index (Phi) is 4.44. The van der Waals surface area contributed by atoms with Crippen molar-refractivity contribution in [1.29, 1.82) is 0 Å². The molecule has 1 aliphatic heterocycles. The monoisotopic (exact) mass is 294 g/mol. The number of halogens is 1. The normalized spacial score (nSPS) is 16.1. The molecule has 1 fully saturated rings. The molecular weight excluding hydrogens is 279 g/mol. The quantitative estimate of drug-likeness (QED) is 0.683. The van der Waals surface area contributed by atoms with Crippen molar-refractivity contribution in [2.45, 2.75) is 32.2 Å². The van der Waals surface area contributed by atoms with Crippen molar-refractivity contribution in [3.63, 3.8) is 0 Å². The molecule has 6 heteroatoms. The number of likely N-dealkylation sites (tertiary alicyclic amines) is 1. The van der Waals surface area contributed by atoms with Crippen molar-refractivity contribution in [3.8, 4) is 0 Å². The second-order valence-electron chi connectivity index (χ2n) is 4.75. The summed E-state index contributed by atoms with van der Waals surface area (Å²) in [5.74, 6) is -0.860. The van der Waals surface area contributed by atoms with E-state index in [2.05, 4.69) is 0 Å². The first-order chi connectivity index (χ1) is 9.49. The molecule has 0 unspecified atom stereocenters. The summed E-state index contributed by atoms with van der Waals surface area (Å²) in [6.45, 7) is 0.0879. The first kappa shape index (κ1) is 14.6. The van der Waals surface area contributed by atoms with Crippen LogP contribution in [0.3, 0.4) is 0 Å². The average molecular weight is 294 g/mol. The van der Waals surface area contributed by atoms with E-state index < -0.39 is 5.82 Å². The van der Waals surface area contributed by atoms with Crippen LogP contribution in [0.5, 0.6) is 0 Å². The number of nitrogens with two attached hydrogens (primary N) is 1. The predicted octanol–water partition coefficient (Wildman–Crippen LogP) is 1.89. The van der Waals surface area contributed by atoms with Crippen molar-refractivity contribution in [2.75, 3.05) is 0 Å². The molecule has 1 aliphatic rings. The fraction of sp³-hybridized carbons (Fsp3) is 0.357. The topological polar surface area (TPSA) is 63.4 Å². The van der Waals surface area contributed by atoms with Crippen LogP contribution in [-0.4, -0.2) is 21.7 Å². The third-order valence-electron chi connectivity index (χ3n) is 3.30. The number of imide groups is 1. The molecule has 2 rings (SSSR count). The maximum absolute atomic E-state index is 13.2. The molecule has 0 bridgehead atoms. The summed E-state index contributed by atoms with van der Waals surface area (Å²) >= 11 is 4.89. The zero-order chi connectivity index (χ0) is 14.7. The van der Waals surface area contributed by atoms with Crippen LogP contribution < -0.4 is 5.73 Å². The number of nitrogens with zero attached hydrogens (tertiary/aromatic N) is 1. The largest absolute Gasteiger partial charge is 0.389 e. The highest BCUT2D eigenvalue weighted by atomic mass is 32.1. The van der Waals surface area contributed by atoms with Gasteiger partial charge in [0, 0.05) is 18.4 Å². The SMILES string of the molecule is NC(=S)c1cc(F)ccc1CN1C(=O)CCCCC1=O. The number of benzene rings is 1. The minimum atomic E-state index is -0.454. The van der Waals surface area contributed by atoms with Gasteiger partial charge in [-0.3, -0.25) is 14.5 Å². The Labute approximate surface area is 121 Å². The zero-order valence-corrected chi connectivity index (χ0v) is 11.7. The van der Waals surface area contributed by atoms with Gasteiger partial charge < -0.3 is 5.73 Å². The summed E-state index contributed by atoms with van der Waals surface area (Å²) < 4.78 is 13.2. The van der Waals surface area contributed by atoms with E-state index in [9.17, 15) is 14.0 Å². The Morgan fingerprint density at radius 2 is 1.85 bits per heavy atom. The van der Waals surface area contributed by atoms with E-state index in [1.54, 1.807) is 0 Å². The van der Waals surface area contributed by atoms with E-state index in [1.165, 1.54) is 23.1 Å². The number of amides is 2. The summed E-state index contributed by atoms with van der Waals surface area (Å²) in [4.78, 5) is 25.1. The lowest BCUT2D eigenvalue weighted by atomic mass is 10.1. The van der Waals surface area contributed by atoms with Crippen LogP contribution in [0.2, 0.25) is 0 Å². The Hall–Kier alpha value is -1.82. The van der Waals surface area contributed by atoms with Gasteiger partial charge in [0.25, 0.3) is 0 Å². The molecule has 1 aromatic rings. The molecular formula is C14H15FN2O2S. The van der Waals surface area contributed by atoms with Gasteiger partial charge in [-0.05, 0) is 30.5 Å². The predicted molar refractivity (Wildman–Crippen MR) is 76.3 cm³/mol. The van der Waals surface area contributed by atoms with Crippen LogP contribution in [0.1, 0.15) is 36.8 Å². The van der Waals surface area contributed by atoms with E-state index in [-0.39, 0.29) is 23.3 Å². The van der Waals surface area contributed by atoms with E-state index in [4.69, 9.17) is 18.0 Å². The maximum Gasteiger partial charge on any atom is 0.229 e. The molecule has 0 spiro atoms. The number of hydrogen-bond donors (Lipinski definition) is 1. The fourth-order valence-corrected chi connectivity index (χ4v) is 2.41. The van der Waals surface area contributed by atoms with E-state index in [1.807, 2.05) is 0 Å². The van der Waals surface area contributed by atoms with Crippen LogP contribution in [0.15, 0.2) is 18.2 Å². The summed E-state index contributed by atoms with van der Waals surface area (Å²) in [5.41, 5.74) is 6.52. The van der Waals surface area contributed by atoms with Gasteiger partial charge in [0.15, 0.2) is 0 Å². The van der Waals surface area contributed by atoms with Gasteiger partial charge in [-0.25, -0.2) is 4.39 Å². The number of carbonyl (C=O) groups is 2. The van der Waals surface area contributed by atoms with Gasteiger partial charge in [0.05, 0.1) is 6.54 Å². The van der Waals surface area contributed by atoms with Crippen molar-refractivity contribution in [2.24, 2.45) is 5.73 Å². The molecule has 0 atom stereocenters. The molecule has 2 N–H and O–H groups in total. The zero-order valence-electron chi connectivity index (χ0n) is 10.9. The van der Waals surface area contributed by atoms with Gasteiger partial charge >= 0.3 is 0 Å². The molecule has 106 valence electrons. The highest BCUT2D eigenvalue weighted by molar-refractivity contribution is 7.80. The third kappa shape index (κ3) is 3.19. The average Bonchev–Trinajstić information content (AvgIpc) is 2.55. The van der Waals surface area contributed by atoms with Crippen molar-refractivity contribution in [3.05, 3.63) is 35.1 Å². The van der Waals surface area contributed by atoms with Crippen LogP contribution in [-0.2, 0) is 16.1 Å². The first-order valence-electron chi connectivity index (χ1n) is 6.40. The van der Waals surface area contributed by atoms with Gasteiger partial charge in [0.1, 0.15) is 10.8 Å². The molecule has 1 heterocycles. The number of rotatable bonds is 3. The molecule has 2 amide bonds. The second-order valence-corrected chi connectivity index (χ2v) is 5.19. The Balaban J connectivity index is 2.30. The van der Waals surface area contributed by atoms with Gasteiger partial charge in [-0.15, -0.1) is 0 Å². The first-order valence-corrected chi connectivity index (χ1v) is 6.81. The Morgan fingerprint density at radius 1 is 1.25 bits per heavy atom. The molecule has 1 saturated heterocycles. The van der Waals surface area contributed by atoms with Crippen molar-refractivity contribution < 1.29 is 14.0 Å². The summed E-state index contributed by atoms with van der Waals surface area (Å²) in [7, 11) is 0. The molecule has 20 heavy (non-hydrogen) atoms. The Bertz CT molecular complexity index is 556. The lowest BCUT2D eigenvalue weighted by Gasteiger charge is -2.20. The van der Waals surface area contributed by atoms with Crippen LogP contribution in [0.25, 0.3) is 0 Å². The summed E-state index contributed by atoms with van der Waals surface area (Å²) in [6.07, 6.45) is 2.14. The minimum absolute atomic E-state index is 0.0502. The standard InChI is InChI=1S/C14H15FN2O2S/c15-10-6-5-9(11(7-10)14(16)20)8-17-12(18)3-1-2-4-13(17)19/h5-7H,1-4,8H2,(H2,16,20). The fourth-order valence-electron chi connectivity index (χ4n) is 2.22. The molecule has 0 saturated carbocycles. The Morgan fingerprint density at radius 3 is 2.40 bits per heavy atom. The molecule has 0 aromatic heterocycles. The number of thiocarbonyl (C=S) groups is 1. The van der Waals surface area contributed by atoms with E-state index in [0.717, 1.165) is 0 Å². The highest BCUT2D eigenvalue weighted by Gasteiger charge is 2.25. The minimum Gasteiger partial charge on any atom is -0.389 e. The molecule has 0 radical (unpaired) electrons. The van der Waals surface area contributed by atoms with Gasteiger partial charge in [-0.2, -0.15) is 0 Å². The van der Waals surface area contributed by atoms with E-state index >= 15 is 0 Å². The molecule has 1 aromatic carbocycles. The number of hydrogen-bond acceptors (Lipinski definition) is 3. The van der Waals surface area contributed by atoms with Gasteiger partial charge in [0.2, 0.25) is 11.8 Å². The summed E-state index contributed by atoms with van der Waals surface area (Å²) in [6, 6.07) is 4.00. The van der Waals surface area contributed by atoms with Crippen molar-refractivity contribution >= 4 is 29.0 Å². The van der Waals surface area contributed by atoms with Crippen LogP contribution in [0.4, 0.5) is 4.39 Å². The lowest BCUT2D eigenvalue weighted by molar-refractivity contribution is -0.144. The summed E-state index contributed by atoms with van der Waals surface area (Å²) in [5, 5.41) is 0. The van der Waals surface area contributed by atoms with Crippen LogP contribution in [0, 0.1) is 5.82 Å². The lowest BCUT2D eigenvalue weighted by Crippen LogP contribution is -2.35. The smallest absolute Gasteiger partial charge is 0.229 e. The number of carbonyl (C=O) groups excluding carboxylic acids is 2. The maximum atomic E-state index is 13.2. The van der Waals surface area contributed by atoms with Crippen LogP contribution >= 0.6 is 12.2 Å². The highest BCUT2D eigenvalue weighted by Crippen LogP contribution is 2.19. The van der Waals surface area contributed by atoms with E-state index in [0.29, 0.717) is 36.8 Å².